The van der Waals surface area contributed by atoms with Crippen molar-refractivity contribution in [2.24, 2.45) is 5.92 Å². The van der Waals surface area contributed by atoms with Gasteiger partial charge in [-0.15, -0.1) is 0 Å². The Morgan fingerprint density at radius 1 is 1.30 bits per heavy atom. The van der Waals surface area contributed by atoms with Gasteiger partial charge in [0.25, 0.3) is 0 Å². The van der Waals surface area contributed by atoms with Gasteiger partial charge in [0.15, 0.2) is 0 Å². The molecule has 1 N–H and O–H groups in total. The molecule has 0 radical (unpaired) electrons. The molecule has 1 aliphatic carbocycles. The van der Waals surface area contributed by atoms with E-state index in [1.54, 1.807) is 0 Å². The molecule has 0 unspecified atom stereocenters. The highest BCUT2D eigenvalue weighted by atomic mass is 14.9. The molecule has 1 heteroatoms. The summed E-state index contributed by atoms with van der Waals surface area (Å²) in [6.45, 7) is 6.45. The lowest BCUT2D eigenvalue weighted by Crippen LogP contribution is -2.14. The van der Waals surface area contributed by atoms with E-state index in [-0.39, 0.29) is 0 Å². The molecule has 108 valence electrons. The van der Waals surface area contributed by atoms with E-state index in [9.17, 15) is 0 Å². The zero-order chi connectivity index (χ0) is 14.2. The molecule has 0 bridgehead atoms. The lowest BCUT2D eigenvalue weighted by atomic mass is 9.87. The summed E-state index contributed by atoms with van der Waals surface area (Å²) in [5.74, 6) is 0.656. The largest absolute Gasteiger partial charge is 0.359 e. The van der Waals surface area contributed by atoms with E-state index in [0.29, 0.717) is 5.92 Å². The number of allylic oxidation sites excluding steroid dienone is 2. The van der Waals surface area contributed by atoms with Crippen LogP contribution >= 0.6 is 0 Å². The molecule has 0 heterocycles. The van der Waals surface area contributed by atoms with Crippen molar-refractivity contribution in [3.8, 4) is 0 Å². The lowest BCUT2D eigenvalue weighted by molar-refractivity contribution is 0.405. The molecule has 2 rings (SSSR count). The number of hydrogen-bond acceptors (Lipinski definition) is 1. The van der Waals surface area contributed by atoms with Gasteiger partial charge in [-0.2, -0.15) is 0 Å². The van der Waals surface area contributed by atoms with Crippen LogP contribution in [0, 0.1) is 5.92 Å². The summed E-state index contributed by atoms with van der Waals surface area (Å²) in [7, 11) is 0. The van der Waals surface area contributed by atoms with Crippen molar-refractivity contribution in [3.63, 3.8) is 0 Å². The molecule has 1 saturated carbocycles. The standard InChI is InChI=1S/C19H27N/c1-3-4-6-10-17-11-9-14-19(15-17)20-16(2)18-12-7-5-8-13-18/h6,9-11,14-15,18,20H,2-5,7-8,12-13H2,1H3/b10-6+. The topological polar surface area (TPSA) is 12.0 Å². The van der Waals surface area contributed by atoms with Crippen LogP contribution < -0.4 is 5.32 Å². The fraction of sp³-hybridized carbons (Fsp3) is 0.474. The van der Waals surface area contributed by atoms with E-state index in [4.69, 9.17) is 0 Å². The zero-order valence-corrected chi connectivity index (χ0v) is 12.7. The normalized spacial score (nSPS) is 16.4. The monoisotopic (exact) mass is 269 g/mol. The van der Waals surface area contributed by atoms with Gasteiger partial charge in [0.2, 0.25) is 0 Å². The molecule has 1 aromatic rings. The summed E-state index contributed by atoms with van der Waals surface area (Å²) in [4.78, 5) is 0. The maximum Gasteiger partial charge on any atom is 0.0387 e. The lowest BCUT2D eigenvalue weighted by Gasteiger charge is -2.24. The van der Waals surface area contributed by atoms with Crippen molar-refractivity contribution in [3.05, 3.63) is 48.2 Å². The van der Waals surface area contributed by atoms with Crippen LogP contribution in [0.5, 0.6) is 0 Å². The molecule has 1 fully saturated rings. The first-order valence-corrected chi connectivity index (χ1v) is 8.02. The van der Waals surface area contributed by atoms with Crippen molar-refractivity contribution in [2.45, 2.75) is 51.9 Å². The zero-order valence-electron chi connectivity index (χ0n) is 12.7. The highest BCUT2D eigenvalue weighted by molar-refractivity contribution is 5.58. The maximum atomic E-state index is 4.25. The highest BCUT2D eigenvalue weighted by Gasteiger charge is 2.16. The van der Waals surface area contributed by atoms with Crippen LogP contribution in [-0.4, -0.2) is 0 Å². The maximum absolute atomic E-state index is 4.25. The van der Waals surface area contributed by atoms with Crippen LogP contribution in [-0.2, 0) is 0 Å². The van der Waals surface area contributed by atoms with Crippen molar-refractivity contribution in [1.82, 2.24) is 0 Å². The quantitative estimate of drug-likeness (QED) is 0.667. The minimum absolute atomic E-state index is 0.656. The highest BCUT2D eigenvalue weighted by Crippen LogP contribution is 2.29. The van der Waals surface area contributed by atoms with Gasteiger partial charge in [-0.1, -0.05) is 63.5 Å². The molecule has 20 heavy (non-hydrogen) atoms. The number of benzene rings is 1. The van der Waals surface area contributed by atoms with Gasteiger partial charge < -0.3 is 5.32 Å². The first-order valence-electron chi connectivity index (χ1n) is 8.02. The number of nitrogens with one attached hydrogen (secondary N) is 1. The summed E-state index contributed by atoms with van der Waals surface area (Å²) in [6, 6.07) is 8.61. The average molecular weight is 269 g/mol. The Morgan fingerprint density at radius 3 is 2.85 bits per heavy atom. The fourth-order valence-electron chi connectivity index (χ4n) is 2.84. The summed E-state index contributed by atoms with van der Waals surface area (Å²) in [5.41, 5.74) is 3.62. The van der Waals surface area contributed by atoms with Crippen LogP contribution in [0.4, 0.5) is 5.69 Å². The van der Waals surface area contributed by atoms with Crippen LogP contribution in [0.3, 0.4) is 0 Å². The summed E-state index contributed by atoms with van der Waals surface area (Å²) < 4.78 is 0. The Hall–Kier alpha value is -1.50. The van der Waals surface area contributed by atoms with Crippen molar-refractivity contribution >= 4 is 11.8 Å². The number of unbranched alkanes of at least 4 members (excludes halogenated alkanes) is 1. The molecule has 1 aliphatic rings. The van der Waals surface area contributed by atoms with Crippen LogP contribution in [0.1, 0.15) is 57.4 Å². The van der Waals surface area contributed by atoms with Gasteiger partial charge in [-0.3, -0.25) is 0 Å². The number of rotatable bonds is 6. The Bertz CT molecular complexity index is 453. The molecule has 0 atom stereocenters. The number of anilines is 1. The van der Waals surface area contributed by atoms with Gasteiger partial charge in [-0.25, -0.2) is 0 Å². The first-order chi connectivity index (χ1) is 9.79. The van der Waals surface area contributed by atoms with Crippen LogP contribution in [0.2, 0.25) is 0 Å². The average Bonchev–Trinajstić information content (AvgIpc) is 2.49. The predicted octanol–water partition coefficient (Wildman–Crippen LogP) is 6.01. The minimum atomic E-state index is 0.656. The second-order valence-corrected chi connectivity index (χ2v) is 5.80. The molecule has 0 saturated heterocycles. The Morgan fingerprint density at radius 2 is 2.10 bits per heavy atom. The SMILES string of the molecule is C=C(Nc1cccc(/C=C/CCC)c1)C1CCCCC1. The second kappa shape index (κ2) is 7.94. The van der Waals surface area contributed by atoms with Gasteiger partial charge in [0.05, 0.1) is 0 Å². The smallest absolute Gasteiger partial charge is 0.0387 e. The minimum Gasteiger partial charge on any atom is -0.359 e. The van der Waals surface area contributed by atoms with E-state index in [0.717, 1.165) is 6.42 Å². The van der Waals surface area contributed by atoms with Crippen molar-refractivity contribution in [2.75, 3.05) is 5.32 Å². The van der Waals surface area contributed by atoms with Gasteiger partial charge >= 0.3 is 0 Å². The summed E-state index contributed by atoms with van der Waals surface area (Å²) in [5, 5.41) is 3.51. The van der Waals surface area contributed by atoms with E-state index in [1.807, 2.05) is 0 Å². The fourth-order valence-corrected chi connectivity index (χ4v) is 2.84. The molecule has 0 amide bonds. The third kappa shape index (κ3) is 4.56. The Labute approximate surface area is 123 Å². The Balaban J connectivity index is 1.94. The molecule has 1 aromatic carbocycles. The number of hydrogen-bond donors (Lipinski definition) is 1. The van der Waals surface area contributed by atoms with E-state index in [1.165, 1.54) is 55.5 Å². The molecule has 0 spiro atoms. The molecule has 0 aliphatic heterocycles. The second-order valence-electron chi connectivity index (χ2n) is 5.80. The summed E-state index contributed by atoms with van der Waals surface area (Å²) in [6.07, 6.45) is 13.5. The van der Waals surface area contributed by atoms with E-state index < -0.39 is 0 Å². The van der Waals surface area contributed by atoms with Gasteiger partial charge in [-0.05, 0) is 42.9 Å². The molecular weight excluding hydrogens is 242 g/mol. The van der Waals surface area contributed by atoms with E-state index in [2.05, 4.69) is 55.2 Å². The van der Waals surface area contributed by atoms with E-state index >= 15 is 0 Å². The van der Waals surface area contributed by atoms with Crippen molar-refractivity contribution in [1.29, 1.82) is 0 Å². The third-order valence-corrected chi connectivity index (χ3v) is 4.06. The first kappa shape index (κ1) is 14.9. The molecular formula is C19H27N. The Kier molecular flexibility index (Phi) is 5.91. The summed E-state index contributed by atoms with van der Waals surface area (Å²) >= 11 is 0. The van der Waals surface area contributed by atoms with Gasteiger partial charge in [0, 0.05) is 11.4 Å². The van der Waals surface area contributed by atoms with Crippen molar-refractivity contribution < 1.29 is 0 Å². The molecule has 1 nitrogen and oxygen atoms in total. The van der Waals surface area contributed by atoms with Crippen LogP contribution in [0.15, 0.2) is 42.6 Å². The molecule has 0 aromatic heterocycles. The third-order valence-electron chi connectivity index (χ3n) is 4.06. The van der Waals surface area contributed by atoms with Gasteiger partial charge in [0.1, 0.15) is 0 Å². The van der Waals surface area contributed by atoms with Crippen LogP contribution in [0.25, 0.3) is 6.08 Å². The predicted molar refractivity (Wildman–Crippen MR) is 89.7 cm³/mol.